The number of aliphatic hydroxyl groups is 1. The molecule has 2 fully saturated rings. The highest BCUT2D eigenvalue weighted by Gasteiger charge is 2.39. The van der Waals surface area contributed by atoms with Gasteiger partial charge in [0.2, 0.25) is 0 Å². The van der Waals surface area contributed by atoms with Crippen molar-refractivity contribution in [1.29, 1.82) is 0 Å². The highest BCUT2D eigenvalue weighted by molar-refractivity contribution is 5.94. The number of carbonyl (C=O) groups is 1. The van der Waals surface area contributed by atoms with Gasteiger partial charge in [0.05, 0.1) is 24.5 Å². The summed E-state index contributed by atoms with van der Waals surface area (Å²) in [6.45, 7) is 1.67. The van der Waals surface area contributed by atoms with E-state index < -0.39 is 0 Å². The van der Waals surface area contributed by atoms with E-state index in [0.717, 1.165) is 45.1 Å². The van der Waals surface area contributed by atoms with Gasteiger partial charge >= 0.3 is 0 Å². The molecule has 2 heterocycles. The van der Waals surface area contributed by atoms with E-state index in [4.69, 9.17) is 9.47 Å². The fourth-order valence-corrected chi connectivity index (χ4v) is 4.10. The van der Waals surface area contributed by atoms with Gasteiger partial charge in [-0.05, 0) is 31.7 Å². The monoisotopic (exact) mass is 348 g/mol. The molecule has 1 amide bonds. The Morgan fingerprint density at radius 2 is 2.08 bits per heavy atom. The minimum absolute atomic E-state index is 0.00929. The first-order chi connectivity index (χ1) is 12.2. The van der Waals surface area contributed by atoms with Crippen molar-refractivity contribution in [3.63, 3.8) is 0 Å². The van der Waals surface area contributed by atoms with Gasteiger partial charge in [-0.15, -0.1) is 0 Å². The maximum absolute atomic E-state index is 13.0. The van der Waals surface area contributed by atoms with Gasteiger partial charge in [-0.3, -0.25) is 9.78 Å². The Balaban J connectivity index is 1.69. The second kappa shape index (κ2) is 8.63. The molecule has 0 radical (unpaired) electrons. The largest absolute Gasteiger partial charge is 0.490 e. The highest BCUT2D eigenvalue weighted by atomic mass is 16.5. The van der Waals surface area contributed by atoms with Crippen molar-refractivity contribution in [2.75, 3.05) is 26.9 Å². The summed E-state index contributed by atoms with van der Waals surface area (Å²) in [5, 5.41) is 10.4. The molecular formula is C19H28N2O4. The lowest BCUT2D eigenvalue weighted by molar-refractivity contribution is 0.0211. The van der Waals surface area contributed by atoms with Gasteiger partial charge in [0.25, 0.3) is 5.91 Å². The molecule has 1 N–H and O–H groups in total. The fourth-order valence-electron chi connectivity index (χ4n) is 4.10. The first kappa shape index (κ1) is 18.1. The Kier molecular flexibility index (Phi) is 6.26. The smallest absolute Gasteiger partial charge is 0.255 e. The van der Waals surface area contributed by atoms with Crippen LogP contribution in [0.1, 0.15) is 48.9 Å². The molecule has 0 aromatic carbocycles. The Morgan fingerprint density at radius 1 is 1.24 bits per heavy atom. The average Bonchev–Trinajstić information content (AvgIpc) is 3.11. The quantitative estimate of drug-likeness (QED) is 0.799. The number of aliphatic hydroxyl groups excluding tert-OH is 1. The minimum Gasteiger partial charge on any atom is -0.490 e. The van der Waals surface area contributed by atoms with Gasteiger partial charge in [0.1, 0.15) is 12.4 Å². The molecule has 0 unspecified atom stereocenters. The number of aromatic nitrogens is 1. The molecule has 0 bridgehead atoms. The van der Waals surface area contributed by atoms with Crippen LogP contribution >= 0.6 is 0 Å². The van der Waals surface area contributed by atoms with Gasteiger partial charge in [-0.1, -0.05) is 12.8 Å². The predicted molar refractivity (Wildman–Crippen MR) is 93.6 cm³/mol. The second-order valence-electron chi connectivity index (χ2n) is 6.97. The molecule has 1 aromatic rings. The van der Waals surface area contributed by atoms with Crippen molar-refractivity contribution in [2.45, 2.75) is 50.7 Å². The number of amides is 1. The number of methoxy groups -OCH3 is 1. The zero-order chi connectivity index (χ0) is 17.6. The average molecular weight is 348 g/mol. The van der Waals surface area contributed by atoms with Crippen LogP contribution < -0.4 is 4.74 Å². The van der Waals surface area contributed by atoms with Crippen LogP contribution in [0.5, 0.6) is 5.75 Å². The van der Waals surface area contributed by atoms with Gasteiger partial charge in [0, 0.05) is 31.8 Å². The molecule has 1 aromatic heterocycles. The van der Waals surface area contributed by atoms with Crippen LogP contribution in [0.15, 0.2) is 18.5 Å². The number of hydrogen-bond donors (Lipinski definition) is 1. The van der Waals surface area contributed by atoms with Crippen LogP contribution in [-0.2, 0) is 4.74 Å². The summed E-state index contributed by atoms with van der Waals surface area (Å²) in [5.74, 6) is 0.774. The van der Waals surface area contributed by atoms with Crippen molar-refractivity contribution >= 4 is 5.91 Å². The third-order valence-corrected chi connectivity index (χ3v) is 5.35. The van der Waals surface area contributed by atoms with Crippen molar-refractivity contribution in [2.24, 2.45) is 5.92 Å². The molecule has 3 rings (SSSR count). The van der Waals surface area contributed by atoms with Crippen LogP contribution in [0.2, 0.25) is 0 Å². The molecule has 25 heavy (non-hydrogen) atoms. The molecule has 6 heteroatoms. The van der Waals surface area contributed by atoms with Crippen molar-refractivity contribution in [1.82, 2.24) is 9.88 Å². The number of pyridine rings is 1. The standard InChI is InChI=1S/C19H28N2O4/c1-24-9-10-25-15-11-14(12-20-13-15)19(23)21-8-4-6-17(21)16-5-2-3-7-18(16)22/h11-13,16-18,22H,2-10H2,1H3/t16-,17-,18+/m1/s1. The van der Waals surface area contributed by atoms with E-state index in [-0.39, 0.29) is 24.0 Å². The van der Waals surface area contributed by atoms with Crippen LogP contribution in [0.3, 0.4) is 0 Å². The van der Waals surface area contributed by atoms with E-state index in [1.54, 1.807) is 25.6 Å². The first-order valence-corrected chi connectivity index (χ1v) is 9.26. The summed E-state index contributed by atoms with van der Waals surface area (Å²) in [7, 11) is 1.62. The summed E-state index contributed by atoms with van der Waals surface area (Å²) in [5.41, 5.74) is 0.548. The molecule has 1 aliphatic carbocycles. The van der Waals surface area contributed by atoms with Crippen LogP contribution in [0.4, 0.5) is 0 Å². The molecule has 2 aliphatic rings. The Labute approximate surface area is 149 Å². The van der Waals surface area contributed by atoms with E-state index in [9.17, 15) is 9.90 Å². The topological polar surface area (TPSA) is 71.9 Å². The molecule has 1 saturated carbocycles. The van der Waals surface area contributed by atoms with Gasteiger partial charge in [-0.2, -0.15) is 0 Å². The molecule has 1 saturated heterocycles. The maximum atomic E-state index is 13.0. The van der Waals surface area contributed by atoms with Crippen LogP contribution in [0.25, 0.3) is 0 Å². The zero-order valence-corrected chi connectivity index (χ0v) is 14.9. The number of likely N-dealkylation sites (tertiary alicyclic amines) is 1. The Morgan fingerprint density at radius 3 is 2.88 bits per heavy atom. The predicted octanol–water partition coefficient (Wildman–Crippen LogP) is 2.26. The lowest BCUT2D eigenvalue weighted by atomic mass is 9.80. The van der Waals surface area contributed by atoms with Gasteiger partial charge in [0.15, 0.2) is 0 Å². The zero-order valence-electron chi connectivity index (χ0n) is 14.9. The number of ether oxygens (including phenoxy) is 2. The fraction of sp³-hybridized carbons (Fsp3) is 0.684. The molecule has 3 atom stereocenters. The lowest BCUT2D eigenvalue weighted by Crippen LogP contribution is -2.45. The molecule has 1 aliphatic heterocycles. The third kappa shape index (κ3) is 4.30. The molecule has 6 nitrogen and oxygen atoms in total. The third-order valence-electron chi connectivity index (χ3n) is 5.35. The SMILES string of the molecule is COCCOc1cncc(C(=O)N2CCC[C@@H]2[C@H]2CCCC[C@@H]2O)c1. The van der Waals surface area contributed by atoms with E-state index in [1.165, 1.54) is 0 Å². The number of rotatable bonds is 6. The summed E-state index contributed by atoms with van der Waals surface area (Å²) < 4.78 is 10.5. The Hall–Kier alpha value is -1.66. The number of carbonyl (C=O) groups excluding carboxylic acids is 1. The number of hydrogen-bond acceptors (Lipinski definition) is 5. The van der Waals surface area contributed by atoms with Crippen LogP contribution in [-0.4, -0.2) is 59.9 Å². The van der Waals surface area contributed by atoms with E-state index in [1.807, 2.05) is 4.90 Å². The van der Waals surface area contributed by atoms with Gasteiger partial charge in [-0.25, -0.2) is 0 Å². The normalized spacial score (nSPS) is 26.6. The summed E-state index contributed by atoms with van der Waals surface area (Å²) in [6, 6.07) is 1.89. The molecular weight excluding hydrogens is 320 g/mol. The molecule has 138 valence electrons. The van der Waals surface area contributed by atoms with Crippen molar-refractivity contribution in [3.05, 3.63) is 24.0 Å². The van der Waals surface area contributed by atoms with E-state index in [0.29, 0.717) is 24.5 Å². The van der Waals surface area contributed by atoms with Crippen molar-refractivity contribution in [3.8, 4) is 5.75 Å². The summed E-state index contributed by atoms with van der Waals surface area (Å²) in [6.07, 6.45) is 8.99. The van der Waals surface area contributed by atoms with E-state index >= 15 is 0 Å². The summed E-state index contributed by atoms with van der Waals surface area (Å²) >= 11 is 0. The van der Waals surface area contributed by atoms with Crippen LogP contribution in [0, 0.1) is 5.92 Å². The van der Waals surface area contributed by atoms with E-state index in [2.05, 4.69) is 4.98 Å². The summed E-state index contributed by atoms with van der Waals surface area (Å²) in [4.78, 5) is 19.1. The Bertz CT molecular complexity index is 580. The maximum Gasteiger partial charge on any atom is 0.255 e. The highest BCUT2D eigenvalue weighted by Crippen LogP contribution is 2.35. The van der Waals surface area contributed by atoms with Gasteiger partial charge < -0.3 is 19.5 Å². The lowest BCUT2D eigenvalue weighted by Gasteiger charge is -2.37. The minimum atomic E-state index is -0.283. The first-order valence-electron chi connectivity index (χ1n) is 9.26. The number of nitrogens with zero attached hydrogens (tertiary/aromatic N) is 2. The van der Waals surface area contributed by atoms with Crippen molar-refractivity contribution < 1.29 is 19.4 Å². The second-order valence-corrected chi connectivity index (χ2v) is 6.97. The molecule has 0 spiro atoms.